The molecule has 0 aromatic carbocycles. The second-order valence-electron chi connectivity index (χ2n) is 2.48. The second kappa shape index (κ2) is 2.21. The molecule has 0 bridgehead atoms. The molecule has 0 aromatic heterocycles. The predicted molar refractivity (Wildman–Crippen MR) is 35.7 cm³/mol. The van der Waals surface area contributed by atoms with Crippen LogP contribution in [0.15, 0.2) is 12.3 Å². The quantitative estimate of drug-likeness (QED) is 0.514. The van der Waals surface area contributed by atoms with Crippen LogP contribution in [0.3, 0.4) is 0 Å². The molecule has 0 radical (unpaired) electrons. The fraction of sp³-hybridized carbons (Fsp3) is 0.571. The molecule has 0 aliphatic carbocycles. The standard InChI is InChI=1S/C7H11NO/c1-6(2)8-5-3-4-7(8)9/h3,5-6H,4H2,1-2H3. The Kier molecular flexibility index (Phi) is 1.56. The van der Waals surface area contributed by atoms with Crippen molar-refractivity contribution in [2.45, 2.75) is 26.3 Å². The first kappa shape index (κ1) is 6.33. The van der Waals surface area contributed by atoms with Crippen LogP contribution < -0.4 is 0 Å². The van der Waals surface area contributed by atoms with E-state index < -0.39 is 0 Å². The number of nitrogens with zero attached hydrogens (tertiary/aromatic N) is 1. The summed E-state index contributed by atoms with van der Waals surface area (Å²) < 4.78 is 0. The molecule has 1 amide bonds. The average molecular weight is 125 g/mol. The van der Waals surface area contributed by atoms with Crippen molar-refractivity contribution in [3.63, 3.8) is 0 Å². The van der Waals surface area contributed by atoms with Gasteiger partial charge in [0.1, 0.15) is 0 Å². The van der Waals surface area contributed by atoms with Gasteiger partial charge in [-0.2, -0.15) is 0 Å². The molecule has 0 unspecified atom stereocenters. The number of hydrogen-bond donors (Lipinski definition) is 0. The van der Waals surface area contributed by atoms with Gasteiger partial charge in [0.25, 0.3) is 0 Å². The first-order valence-corrected chi connectivity index (χ1v) is 3.19. The Morgan fingerprint density at radius 1 is 1.67 bits per heavy atom. The second-order valence-corrected chi connectivity index (χ2v) is 2.48. The van der Waals surface area contributed by atoms with Gasteiger partial charge >= 0.3 is 0 Å². The van der Waals surface area contributed by atoms with Gasteiger partial charge < -0.3 is 4.90 Å². The molecular weight excluding hydrogens is 114 g/mol. The Hall–Kier alpha value is -0.790. The first-order valence-electron chi connectivity index (χ1n) is 3.19. The van der Waals surface area contributed by atoms with Crippen molar-refractivity contribution in [3.8, 4) is 0 Å². The van der Waals surface area contributed by atoms with Crippen molar-refractivity contribution in [1.29, 1.82) is 0 Å². The van der Waals surface area contributed by atoms with E-state index in [-0.39, 0.29) is 5.91 Å². The fourth-order valence-electron chi connectivity index (χ4n) is 0.916. The molecule has 0 aromatic rings. The number of amides is 1. The largest absolute Gasteiger partial charge is 0.317 e. The third kappa shape index (κ3) is 1.12. The van der Waals surface area contributed by atoms with Crippen LogP contribution in [0, 0.1) is 0 Å². The molecule has 1 heterocycles. The molecular formula is C7H11NO. The molecule has 0 saturated carbocycles. The predicted octanol–water partition coefficient (Wildman–Crippen LogP) is 1.14. The van der Waals surface area contributed by atoms with E-state index in [2.05, 4.69) is 0 Å². The van der Waals surface area contributed by atoms with Crippen LogP contribution in [0.1, 0.15) is 20.3 Å². The van der Waals surface area contributed by atoms with Crippen LogP contribution in [0.2, 0.25) is 0 Å². The molecule has 2 heteroatoms. The number of carbonyl (C=O) groups is 1. The zero-order valence-corrected chi connectivity index (χ0v) is 5.79. The van der Waals surface area contributed by atoms with Gasteiger partial charge in [-0.3, -0.25) is 4.79 Å². The van der Waals surface area contributed by atoms with Gasteiger partial charge in [-0.25, -0.2) is 0 Å². The maximum absolute atomic E-state index is 10.9. The monoisotopic (exact) mass is 125 g/mol. The maximum Gasteiger partial charge on any atom is 0.230 e. The van der Waals surface area contributed by atoms with Gasteiger partial charge in [0, 0.05) is 18.7 Å². The minimum Gasteiger partial charge on any atom is -0.317 e. The smallest absolute Gasteiger partial charge is 0.230 e. The van der Waals surface area contributed by atoms with Crippen LogP contribution in [-0.4, -0.2) is 16.8 Å². The zero-order chi connectivity index (χ0) is 6.85. The Balaban J connectivity index is 2.59. The summed E-state index contributed by atoms with van der Waals surface area (Å²) >= 11 is 0. The van der Waals surface area contributed by atoms with Crippen molar-refractivity contribution in [2.24, 2.45) is 0 Å². The normalized spacial score (nSPS) is 18.1. The summed E-state index contributed by atoms with van der Waals surface area (Å²) in [6.07, 6.45) is 4.33. The van der Waals surface area contributed by atoms with Crippen molar-refractivity contribution in [3.05, 3.63) is 12.3 Å². The Morgan fingerprint density at radius 3 is 2.56 bits per heavy atom. The topological polar surface area (TPSA) is 20.3 Å². The summed E-state index contributed by atoms with van der Waals surface area (Å²) in [5.41, 5.74) is 0. The van der Waals surface area contributed by atoms with Gasteiger partial charge in [0.05, 0.1) is 0 Å². The fourth-order valence-corrected chi connectivity index (χ4v) is 0.916. The molecule has 9 heavy (non-hydrogen) atoms. The van der Waals surface area contributed by atoms with Crippen molar-refractivity contribution in [2.75, 3.05) is 0 Å². The number of rotatable bonds is 1. The molecule has 1 aliphatic heterocycles. The van der Waals surface area contributed by atoms with Gasteiger partial charge in [-0.1, -0.05) is 6.08 Å². The average Bonchev–Trinajstić information content (AvgIpc) is 2.13. The lowest BCUT2D eigenvalue weighted by molar-refractivity contribution is -0.127. The minimum atomic E-state index is 0.213. The number of carbonyl (C=O) groups excluding carboxylic acids is 1. The zero-order valence-electron chi connectivity index (χ0n) is 5.79. The summed E-state index contributed by atoms with van der Waals surface area (Å²) in [5.74, 6) is 0.213. The Bertz CT molecular complexity index is 149. The maximum atomic E-state index is 10.9. The molecule has 1 rings (SSSR count). The highest BCUT2D eigenvalue weighted by molar-refractivity contribution is 5.81. The van der Waals surface area contributed by atoms with E-state index in [1.165, 1.54) is 0 Å². The third-order valence-electron chi connectivity index (χ3n) is 1.40. The van der Waals surface area contributed by atoms with Crippen LogP contribution in [0.5, 0.6) is 0 Å². The molecule has 0 saturated heterocycles. The third-order valence-corrected chi connectivity index (χ3v) is 1.40. The van der Waals surface area contributed by atoms with Crippen LogP contribution >= 0.6 is 0 Å². The summed E-state index contributed by atoms with van der Waals surface area (Å²) in [6, 6.07) is 0.316. The van der Waals surface area contributed by atoms with E-state index in [1.807, 2.05) is 26.1 Å². The Labute approximate surface area is 55.2 Å². The lowest BCUT2D eigenvalue weighted by Crippen LogP contribution is -2.27. The van der Waals surface area contributed by atoms with E-state index in [0.717, 1.165) is 0 Å². The number of hydrogen-bond acceptors (Lipinski definition) is 1. The van der Waals surface area contributed by atoms with Crippen molar-refractivity contribution < 1.29 is 4.79 Å². The lowest BCUT2D eigenvalue weighted by atomic mass is 10.3. The summed E-state index contributed by atoms with van der Waals surface area (Å²) in [5, 5.41) is 0. The molecule has 50 valence electrons. The molecule has 0 fully saturated rings. The SMILES string of the molecule is CC(C)N1C=CCC1=O. The summed E-state index contributed by atoms with van der Waals surface area (Å²) in [6.45, 7) is 4.01. The molecule has 0 N–H and O–H groups in total. The van der Waals surface area contributed by atoms with Gasteiger partial charge in [0.2, 0.25) is 5.91 Å². The van der Waals surface area contributed by atoms with E-state index in [4.69, 9.17) is 0 Å². The van der Waals surface area contributed by atoms with E-state index >= 15 is 0 Å². The van der Waals surface area contributed by atoms with E-state index in [1.54, 1.807) is 4.90 Å². The summed E-state index contributed by atoms with van der Waals surface area (Å²) in [4.78, 5) is 12.6. The Morgan fingerprint density at radius 2 is 2.33 bits per heavy atom. The van der Waals surface area contributed by atoms with Gasteiger partial charge in [-0.05, 0) is 13.8 Å². The van der Waals surface area contributed by atoms with E-state index in [9.17, 15) is 4.79 Å². The molecule has 0 spiro atoms. The minimum absolute atomic E-state index is 0.213. The summed E-state index contributed by atoms with van der Waals surface area (Å²) in [7, 11) is 0. The highest BCUT2D eigenvalue weighted by atomic mass is 16.2. The van der Waals surface area contributed by atoms with Crippen LogP contribution in [0.4, 0.5) is 0 Å². The van der Waals surface area contributed by atoms with Crippen LogP contribution in [-0.2, 0) is 4.79 Å². The van der Waals surface area contributed by atoms with Crippen molar-refractivity contribution >= 4 is 5.91 Å². The van der Waals surface area contributed by atoms with Gasteiger partial charge in [-0.15, -0.1) is 0 Å². The van der Waals surface area contributed by atoms with Crippen LogP contribution in [0.25, 0.3) is 0 Å². The molecule has 1 aliphatic rings. The van der Waals surface area contributed by atoms with E-state index in [0.29, 0.717) is 12.5 Å². The molecule has 0 atom stereocenters. The highest BCUT2D eigenvalue weighted by Gasteiger charge is 2.16. The van der Waals surface area contributed by atoms with Crippen molar-refractivity contribution in [1.82, 2.24) is 4.90 Å². The lowest BCUT2D eigenvalue weighted by Gasteiger charge is -2.17. The highest BCUT2D eigenvalue weighted by Crippen LogP contribution is 2.09. The molecule has 2 nitrogen and oxygen atoms in total. The van der Waals surface area contributed by atoms with Gasteiger partial charge in [0.15, 0.2) is 0 Å². The first-order chi connectivity index (χ1) is 4.22.